The van der Waals surface area contributed by atoms with Crippen LogP contribution in [-0.2, 0) is 0 Å². The molecule has 5 rings (SSSR count). The third-order valence-corrected chi connectivity index (χ3v) is 5.44. The van der Waals surface area contributed by atoms with Gasteiger partial charge in [0.25, 0.3) is 5.91 Å². The Balaban J connectivity index is 1.80. The minimum absolute atomic E-state index is 0.0655. The number of benzene rings is 2. The average Bonchev–Trinajstić information content (AvgIpc) is 3.07. The van der Waals surface area contributed by atoms with Gasteiger partial charge >= 0.3 is 0 Å². The van der Waals surface area contributed by atoms with Gasteiger partial charge in [-0.2, -0.15) is 0 Å². The lowest BCUT2D eigenvalue weighted by atomic mass is 9.98. The van der Waals surface area contributed by atoms with Crippen molar-refractivity contribution in [1.29, 1.82) is 0 Å². The number of anilines is 1. The van der Waals surface area contributed by atoms with Crippen molar-refractivity contribution in [3.63, 3.8) is 0 Å². The van der Waals surface area contributed by atoms with Gasteiger partial charge in [0, 0.05) is 5.69 Å². The van der Waals surface area contributed by atoms with Gasteiger partial charge in [0.05, 0.1) is 23.6 Å². The number of pyridine rings is 1. The summed E-state index contributed by atoms with van der Waals surface area (Å²) < 4.78 is 25.4. The highest BCUT2D eigenvalue weighted by molar-refractivity contribution is 6.10. The molecule has 6 nitrogen and oxygen atoms in total. The Bertz CT molecular complexity index is 1430. The Morgan fingerprint density at radius 1 is 1.09 bits per heavy atom. The molecule has 0 bridgehead atoms. The van der Waals surface area contributed by atoms with Crippen LogP contribution in [0.15, 0.2) is 69.9 Å². The number of aryl methyl sites for hydroxylation is 1. The Labute approximate surface area is 182 Å². The number of hydrogen-bond donors (Lipinski definition) is 0. The lowest BCUT2D eigenvalue weighted by Crippen LogP contribution is -2.30. The second kappa shape index (κ2) is 7.60. The van der Waals surface area contributed by atoms with Gasteiger partial charge in [-0.15, -0.1) is 0 Å². The highest BCUT2D eigenvalue weighted by atomic mass is 19.1. The summed E-state index contributed by atoms with van der Waals surface area (Å²) in [5, 5.41) is 0.0848. The maximum absolute atomic E-state index is 13.9. The molecule has 1 aliphatic rings. The molecule has 1 aliphatic heterocycles. The number of carbonyl (C=O) groups is 1. The fourth-order valence-corrected chi connectivity index (χ4v) is 4.10. The molecule has 0 saturated heterocycles. The summed E-state index contributed by atoms with van der Waals surface area (Å²) in [6, 6.07) is 15.4. The Morgan fingerprint density at radius 2 is 1.91 bits per heavy atom. The first-order valence-electron chi connectivity index (χ1n) is 10.2. The van der Waals surface area contributed by atoms with E-state index < -0.39 is 23.2 Å². The normalized spacial score (nSPS) is 15.3. The molecule has 7 heteroatoms. The average molecular weight is 430 g/mol. The van der Waals surface area contributed by atoms with Crippen molar-refractivity contribution in [3.8, 4) is 5.75 Å². The molecule has 32 heavy (non-hydrogen) atoms. The van der Waals surface area contributed by atoms with E-state index in [2.05, 4.69) is 4.98 Å². The number of ether oxygens (including phenoxy) is 1. The zero-order valence-corrected chi connectivity index (χ0v) is 17.5. The van der Waals surface area contributed by atoms with Gasteiger partial charge in [0.15, 0.2) is 5.43 Å². The lowest BCUT2D eigenvalue weighted by molar-refractivity contribution is 0.0970. The number of fused-ring (bicyclic) bond motifs is 2. The van der Waals surface area contributed by atoms with E-state index in [0.717, 1.165) is 11.8 Å². The molecule has 0 spiro atoms. The highest BCUT2D eigenvalue weighted by Crippen LogP contribution is 2.41. The monoisotopic (exact) mass is 430 g/mol. The van der Waals surface area contributed by atoms with Crippen molar-refractivity contribution in [2.45, 2.75) is 19.9 Å². The fraction of sp³-hybridized carbons (Fsp3) is 0.160. The van der Waals surface area contributed by atoms with Gasteiger partial charge < -0.3 is 9.15 Å². The van der Waals surface area contributed by atoms with Crippen LogP contribution in [0.3, 0.4) is 0 Å². The Kier molecular flexibility index (Phi) is 4.74. The van der Waals surface area contributed by atoms with Gasteiger partial charge in [0.1, 0.15) is 23.0 Å². The van der Waals surface area contributed by atoms with Crippen molar-refractivity contribution < 1.29 is 18.3 Å². The van der Waals surface area contributed by atoms with Crippen molar-refractivity contribution in [2.24, 2.45) is 0 Å². The van der Waals surface area contributed by atoms with Crippen LogP contribution < -0.4 is 15.1 Å². The summed E-state index contributed by atoms with van der Waals surface area (Å²) >= 11 is 0. The molecule has 0 aliphatic carbocycles. The number of halogens is 1. The van der Waals surface area contributed by atoms with E-state index in [1.807, 2.05) is 26.0 Å². The molecular weight excluding hydrogens is 411 g/mol. The molecule has 3 heterocycles. The number of nitrogens with zero attached hydrogens (tertiary/aromatic N) is 2. The SMILES string of the molecule is CCOc1cccc([C@H]2c3c(oc4ccc(F)cc4c3=O)C(=O)N2c2cccc(C)n2)c1. The standard InChI is InChI=1S/C25H19FN2O4/c1-3-31-17-8-5-7-15(12-17)22-21-23(29)18-13-16(26)10-11-19(18)32-24(21)25(30)28(22)20-9-4-6-14(2)27-20/h4-13,22H,3H2,1-2H3/t22-/m0/s1. The second-order valence-corrected chi connectivity index (χ2v) is 7.53. The quantitative estimate of drug-likeness (QED) is 0.466. The molecular formula is C25H19FN2O4. The molecule has 1 amide bonds. The summed E-state index contributed by atoms with van der Waals surface area (Å²) in [4.78, 5) is 33.0. The fourth-order valence-electron chi connectivity index (χ4n) is 4.10. The van der Waals surface area contributed by atoms with Crippen molar-refractivity contribution in [1.82, 2.24) is 4.98 Å². The molecule has 2 aromatic carbocycles. The van der Waals surface area contributed by atoms with E-state index >= 15 is 0 Å². The van der Waals surface area contributed by atoms with Gasteiger partial charge in [-0.05, 0) is 61.9 Å². The number of carbonyl (C=O) groups excluding carboxylic acids is 1. The first-order valence-corrected chi connectivity index (χ1v) is 10.2. The first-order chi connectivity index (χ1) is 15.5. The van der Waals surface area contributed by atoms with Crippen LogP contribution in [0.25, 0.3) is 11.0 Å². The lowest BCUT2D eigenvalue weighted by Gasteiger charge is -2.24. The van der Waals surface area contributed by atoms with E-state index in [4.69, 9.17) is 9.15 Å². The second-order valence-electron chi connectivity index (χ2n) is 7.53. The molecule has 2 aromatic heterocycles. The summed E-state index contributed by atoms with van der Waals surface area (Å²) in [6.45, 7) is 4.17. The van der Waals surface area contributed by atoms with E-state index in [0.29, 0.717) is 23.7 Å². The third kappa shape index (κ3) is 3.13. The van der Waals surface area contributed by atoms with Crippen LogP contribution >= 0.6 is 0 Å². The largest absolute Gasteiger partial charge is 0.494 e. The summed E-state index contributed by atoms with van der Waals surface area (Å²) in [6.07, 6.45) is 0. The molecule has 160 valence electrons. The van der Waals surface area contributed by atoms with Crippen molar-refractivity contribution in [2.75, 3.05) is 11.5 Å². The predicted molar refractivity (Wildman–Crippen MR) is 118 cm³/mol. The molecule has 4 aromatic rings. The van der Waals surface area contributed by atoms with Crippen LogP contribution in [-0.4, -0.2) is 17.5 Å². The van der Waals surface area contributed by atoms with E-state index in [1.165, 1.54) is 17.0 Å². The van der Waals surface area contributed by atoms with Crippen LogP contribution in [0.4, 0.5) is 10.2 Å². The Morgan fingerprint density at radius 3 is 2.69 bits per heavy atom. The predicted octanol–water partition coefficient (Wildman–Crippen LogP) is 4.78. The summed E-state index contributed by atoms with van der Waals surface area (Å²) in [5.74, 6) is -0.0965. The maximum Gasteiger partial charge on any atom is 0.296 e. The molecule has 0 unspecified atom stereocenters. The number of hydrogen-bond acceptors (Lipinski definition) is 5. The third-order valence-electron chi connectivity index (χ3n) is 5.44. The molecule has 0 N–H and O–H groups in total. The van der Waals surface area contributed by atoms with E-state index in [1.54, 1.807) is 30.3 Å². The van der Waals surface area contributed by atoms with Crippen LogP contribution in [0, 0.1) is 12.7 Å². The minimum atomic E-state index is -0.795. The van der Waals surface area contributed by atoms with Gasteiger partial charge in [-0.3, -0.25) is 14.5 Å². The Hall–Kier alpha value is -4.00. The zero-order valence-electron chi connectivity index (χ0n) is 17.5. The zero-order chi connectivity index (χ0) is 22.4. The summed E-state index contributed by atoms with van der Waals surface area (Å²) in [7, 11) is 0. The van der Waals surface area contributed by atoms with Gasteiger partial charge in [-0.25, -0.2) is 9.37 Å². The van der Waals surface area contributed by atoms with Crippen molar-refractivity contribution in [3.05, 3.63) is 99.3 Å². The number of amides is 1. The highest BCUT2D eigenvalue weighted by Gasteiger charge is 2.44. The molecule has 1 atom stereocenters. The van der Waals surface area contributed by atoms with Gasteiger partial charge in [-0.1, -0.05) is 18.2 Å². The number of rotatable bonds is 4. The smallest absolute Gasteiger partial charge is 0.296 e. The number of aromatic nitrogens is 1. The van der Waals surface area contributed by atoms with Crippen LogP contribution in [0.1, 0.15) is 40.3 Å². The topological polar surface area (TPSA) is 72.6 Å². The first kappa shape index (κ1) is 19.9. The molecule has 0 fully saturated rings. The van der Waals surface area contributed by atoms with E-state index in [9.17, 15) is 14.0 Å². The van der Waals surface area contributed by atoms with Crippen LogP contribution in [0.5, 0.6) is 5.75 Å². The molecule has 0 saturated carbocycles. The summed E-state index contributed by atoms with van der Waals surface area (Å²) in [5.41, 5.74) is 1.25. The minimum Gasteiger partial charge on any atom is -0.494 e. The van der Waals surface area contributed by atoms with Gasteiger partial charge in [0.2, 0.25) is 5.76 Å². The van der Waals surface area contributed by atoms with E-state index in [-0.39, 0.29) is 22.3 Å². The van der Waals surface area contributed by atoms with Crippen molar-refractivity contribution >= 4 is 22.7 Å². The maximum atomic E-state index is 13.9. The van der Waals surface area contributed by atoms with Crippen LogP contribution in [0.2, 0.25) is 0 Å². The molecule has 0 radical (unpaired) electrons.